The molecule has 5 aromatic rings. The van der Waals surface area contributed by atoms with Crippen LogP contribution in [0.2, 0.25) is 0 Å². The maximum Gasteiger partial charge on any atom is 0.510 e. The molecule has 9 rings (SSSR count). The first-order chi connectivity index (χ1) is 51.6. The van der Waals surface area contributed by atoms with Crippen LogP contribution in [0.4, 0.5) is 10.5 Å². The molecule has 2 atom stereocenters. The highest BCUT2D eigenvalue weighted by Gasteiger charge is 2.51. The van der Waals surface area contributed by atoms with Crippen LogP contribution in [-0.4, -0.2) is 227 Å². The number of phenolic OH excluding ortho intramolecular Hbond substituents is 1. The van der Waals surface area contributed by atoms with Crippen LogP contribution in [0.25, 0.3) is 22.3 Å². The molecule has 1 saturated carbocycles. The zero-order valence-corrected chi connectivity index (χ0v) is 60.1. The number of amides is 6. The van der Waals surface area contributed by atoms with Crippen molar-refractivity contribution in [2.75, 3.05) is 144 Å². The van der Waals surface area contributed by atoms with Crippen molar-refractivity contribution in [3.8, 4) is 17.1 Å². The summed E-state index contributed by atoms with van der Waals surface area (Å²) in [6.45, 7) is 10.2. The fourth-order valence-electron chi connectivity index (χ4n) is 12.6. The molecule has 3 aromatic heterocycles. The van der Waals surface area contributed by atoms with Gasteiger partial charge >= 0.3 is 12.1 Å². The van der Waals surface area contributed by atoms with Crippen molar-refractivity contribution >= 4 is 64.2 Å². The van der Waals surface area contributed by atoms with Crippen LogP contribution < -0.4 is 32.6 Å². The lowest BCUT2D eigenvalue weighted by atomic mass is 9.81. The summed E-state index contributed by atoms with van der Waals surface area (Å²) in [6, 6.07) is 12.0. The Bertz CT molecular complexity index is 3840. The molecule has 0 radical (unpaired) electrons. The van der Waals surface area contributed by atoms with Gasteiger partial charge in [0.2, 0.25) is 29.2 Å². The molecule has 33 heteroatoms. The number of aryl methyl sites for hydroxylation is 1. The van der Waals surface area contributed by atoms with Crippen molar-refractivity contribution in [3.63, 3.8) is 0 Å². The van der Waals surface area contributed by atoms with Gasteiger partial charge in [-0.3, -0.25) is 38.5 Å². The van der Waals surface area contributed by atoms with Gasteiger partial charge in [0, 0.05) is 53.4 Å². The molecular formula is C73H97N11O22. The van der Waals surface area contributed by atoms with E-state index in [-0.39, 0.29) is 98.7 Å². The summed E-state index contributed by atoms with van der Waals surface area (Å²) in [7, 11) is 0. The average molecular weight is 1480 g/mol. The van der Waals surface area contributed by atoms with Crippen LogP contribution >= 0.6 is 0 Å². The number of cyclic esters (lactones) is 1. The second-order valence-electron chi connectivity index (χ2n) is 25.5. The Morgan fingerprint density at radius 3 is 1.96 bits per heavy atom. The van der Waals surface area contributed by atoms with Crippen LogP contribution in [0.5, 0.6) is 5.75 Å². The number of aromatic hydroxyl groups is 1. The molecule has 7 N–H and O–H groups in total. The summed E-state index contributed by atoms with van der Waals surface area (Å²) in [5.41, 5.74) is 8.52. The predicted molar refractivity (Wildman–Crippen MR) is 378 cm³/mol. The van der Waals surface area contributed by atoms with E-state index in [4.69, 9.17) is 67.6 Å². The van der Waals surface area contributed by atoms with Crippen molar-refractivity contribution < 1.29 is 100 Å². The van der Waals surface area contributed by atoms with E-state index in [1.807, 2.05) is 6.92 Å². The number of fused-ring (bicyclic) bond motifs is 5. The number of benzene rings is 2. The quantitative estimate of drug-likeness (QED) is 0.0181. The van der Waals surface area contributed by atoms with Gasteiger partial charge in [-0.1, -0.05) is 31.2 Å². The van der Waals surface area contributed by atoms with Crippen molar-refractivity contribution in [1.82, 2.24) is 45.4 Å². The second kappa shape index (κ2) is 42.3. The Morgan fingerprint density at radius 2 is 1.34 bits per heavy atom. The van der Waals surface area contributed by atoms with Crippen LogP contribution in [-0.2, 0) is 135 Å². The lowest BCUT2D eigenvalue weighted by Gasteiger charge is -2.35. The number of anilines is 1. The number of rotatable bonds is 48. The number of aromatic nitrogens is 5. The number of ether oxygens (including phenoxy) is 12. The highest BCUT2D eigenvalue weighted by Crippen LogP contribution is 2.43. The minimum Gasteiger partial charge on any atom is -0.508 e. The van der Waals surface area contributed by atoms with E-state index >= 15 is 0 Å². The fraction of sp³-hybridized carbons (Fsp3) is 0.562. The van der Waals surface area contributed by atoms with E-state index in [0.29, 0.717) is 185 Å². The number of phenols is 1. The summed E-state index contributed by atoms with van der Waals surface area (Å²) >= 11 is 0. The van der Waals surface area contributed by atoms with E-state index in [0.717, 1.165) is 29.4 Å². The Labute approximate surface area is 613 Å². The zero-order chi connectivity index (χ0) is 75.1. The summed E-state index contributed by atoms with van der Waals surface area (Å²) in [6.07, 6.45) is 8.10. The van der Waals surface area contributed by atoms with Gasteiger partial charge in [0.05, 0.1) is 154 Å². The molecule has 576 valence electrons. The third kappa shape index (κ3) is 23.7. The molecule has 4 aliphatic rings. The van der Waals surface area contributed by atoms with Crippen molar-refractivity contribution in [2.24, 2.45) is 17.6 Å². The summed E-state index contributed by atoms with van der Waals surface area (Å²) in [5.74, 6) is -2.83. The minimum absolute atomic E-state index is 0.0281. The van der Waals surface area contributed by atoms with Gasteiger partial charge < -0.3 is 93.5 Å². The first-order valence-electron chi connectivity index (χ1n) is 36.1. The molecule has 3 aliphatic heterocycles. The molecule has 0 bridgehead atoms. The van der Waals surface area contributed by atoms with Gasteiger partial charge in [-0.15, -0.1) is 5.10 Å². The molecule has 1 aliphatic carbocycles. The first-order valence-corrected chi connectivity index (χ1v) is 36.1. The smallest absolute Gasteiger partial charge is 0.508 e. The van der Waals surface area contributed by atoms with E-state index < -0.39 is 60.3 Å². The van der Waals surface area contributed by atoms with Gasteiger partial charge in [-0.2, -0.15) is 0 Å². The molecule has 6 amide bonds. The number of carbonyl (C=O) groups excluding carboxylic acids is 8. The number of hydrogen-bond donors (Lipinski definition) is 6. The minimum atomic E-state index is -2.01. The molecule has 6 heterocycles. The summed E-state index contributed by atoms with van der Waals surface area (Å²) in [5, 5.41) is 30.3. The van der Waals surface area contributed by atoms with Crippen molar-refractivity contribution in [2.45, 2.75) is 116 Å². The maximum absolute atomic E-state index is 14.1. The number of pyridine rings is 2. The van der Waals surface area contributed by atoms with Crippen molar-refractivity contribution in [3.05, 3.63) is 111 Å². The molecule has 0 saturated heterocycles. The number of esters is 1. The molecule has 33 nitrogen and oxygen atoms in total. The Morgan fingerprint density at radius 1 is 0.717 bits per heavy atom. The molecule has 0 spiro atoms. The van der Waals surface area contributed by atoms with E-state index in [1.165, 1.54) is 17.1 Å². The number of unbranched alkanes of at least 4 members (excludes halogenated alkanes) is 1. The lowest BCUT2D eigenvalue weighted by Crippen LogP contribution is -2.47. The normalized spacial score (nSPS) is 16.9. The van der Waals surface area contributed by atoms with Gasteiger partial charge in [0.15, 0.2) is 0 Å². The van der Waals surface area contributed by atoms with E-state index in [1.54, 1.807) is 70.9 Å². The zero-order valence-electron chi connectivity index (χ0n) is 60.1. The molecule has 1 fully saturated rings. The SMILES string of the molecule is CCc1c2c(nc3ccc(O)cc13)-c1cc3c(c(=O)n1C2)COC(=O)[C@@]3(CC)OC(=O)OCc1ccc(NC(=O)[C@H](CCCCN)NC(=O)COCC(=O)NCCOCCOCCOCCOCCOCCOCCOCCOCCn2cc(CNC(=O)[C@H]3CC[C@H](CN4C(=O)C=CC4=O)CC3)nn2)cc1. The predicted octanol–water partition coefficient (Wildman–Crippen LogP) is 3.17. The Hall–Kier alpha value is -9.16. The highest BCUT2D eigenvalue weighted by molar-refractivity contribution is 6.13. The number of imide groups is 1. The number of nitrogens with one attached hydrogen (secondary N) is 4. The van der Waals surface area contributed by atoms with Gasteiger partial charge in [0.1, 0.15) is 43.9 Å². The third-order valence-electron chi connectivity index (χ3n) is 18.2. The van der Waals surface area contributed by atoms with Gasteiger partial charge in [-0.05, 0) is 118 Å². The Balaban J connectivity index is 0.528. The molecule has 106 heavy (non-hydrogen) atoms. The number of carbonyl (C=O) groups is 8. The standard InChI is InChI=1S/C73H97N11O22/c1-3-55-56-39-54(85)16-17-60(56)79-67-57(55)44-83-62(67)40-59-58(70(83)92)46-104-71(93)73(59,4-2)106-72(94)105-45-50-10-14-52(15-11-50)77-69(91)61(7-5-6-20-74)78-64(87)48-103-47-63(86)75-21-23-95-25-27-97-29-31-99-33-35-101-37-38-102-36-34-100-32-30-98-28-26-96-24-22-82-43-53(80-81-82)41-76-68(90)51-12-8-49(9-13-51)42-84-65(88)18-19-66(84)89/h10-11,14-19,39-40,43,49,51,61,85H,3-9,12-13,20-38,41-42,44-48,74H2,1-2H3,(H,75,86)(H,76,90)(H,77,91)(H,78,87)/t49-,51-,61-,73-/m0/s1. The number of nitrogens with two attached hydrogens (primary N) is 1. The monoisotopic (exact) mass is 1480 g/mol. The van der Waals surface area contributed by atoms with Crippen LogP contribution in [0, 0.1) is 11.8 Å². The molecule has 2 aromatic carbocycles. The second-order valence-corrected chi connectivity index (χ2v) is 25.5. The van der Waals surface area contributed by atoms with Crippen LogP contribution in [0.1, 0.15) is 98.7 Å². The van der Waals surface area contributed by atoms with Crippen molar-refractivity contribution in [1.29, 1.82) is 0 Å². The number of hydrogen-bond acceptors (Lipinski definition) is 26. The third-order valence-corrected chi connectivity index (χ3v) is 18.2. The van der Waals surface area contributed by atoms with Crippen LogP contribution in [0.15, 0.2) is 71.7 Å². The van der Waals surface area contributed by atoms with Gasteiger partial charge in [-0.25, -0.2) is 19.3 Å². The summed E-state index contributed by atoms with van der Waals surface area (Å²) in [4.78, 5) is 123. The molecule has 0 unspecified atom stereocenters. The summed E-state index contributed by atoms with van der Waals surface area (Å²) < 4.78 is 69.8. The first kappa shape index (κ1) is 80.9. The fourth-order valence-corrected chi connectivity index (χ4v) is 12.6. The largest absolute Gasteiger partial charge is 0.510 e. The average Bonchev–Trinajstić information content (AvgIpc) is 1.49. The lowest BCUT2D eigenvalue weighted by molar-refractivity contribution is -0.175. The number of nitrogens with zero attached hydrogens (tertiary/aromatic N) is 6. The van der Waals surface area contributed by atoms with Gasteiger partial charge in [0.25, 0.3) is 17.4 Å². The molecular weight excluding hydrogens is 1380 g/mol. The Kier molecular flexibility index (Phi) is 32.3. The highest BCUT2D eigenvalue weighted by atomic mass is 16.7. The topological polar surface area (TPSA) is 411 Å². The maximum atomic E-state index is 14.1. The van der Waals surface area contributed by atoms with Crippen LogP contribution in [0.3, 0.4) is 0 Å². The van der Waals surface area contributed by atoms with E-state index in [2.05, 4.69) is 31.6 Å². The van der Waals surface area contributed by atoms with E-state index in [9.17, 15) is 48.3 Å².